The Morgan fingerprint density at radius 2 is 1.11 bits per heavy atom. The summed E-state index contributed by atoms with van der Waals surface area (Å²) < 4.78 is 18.0. The fraction of sp³-hybridized carbons (Fsp3) is 0. The summed E-state index contributed by atoms with van der Waals surface area (Å²) in [5.41, 5.74) is 9.06. The Morgan fingerprint density at radius 3 is 1.98 bits per heavy atom. The number of rotatable bonds is 4. The summed E-state index contributed by atoms with van der Waals surface area (Å²) in [6.45, 7) is 0. The molecule has 0 bridgehead atoms. The van der Waals surface area contributed by atoms with Gasteiger partial charge in [0.1, 0.15) is 0 Å². The van der Waals surface area contributed by atoms with Crippen molar-refractivity contribution in [3.8, 4) is 39.5 Å². The lowest BCUT2D eigenvalue weighted by molar-refractivity contribution is 0.593. The molecule has 2 aromatic heterocycles. The van der Waals surface area contributed by atoms with Gasteiger partial charge in [0, 0.05) is 37.6 Å². The third-order valence-corrected chi connectivity index (χ3v) is 14.0. The maximum Gasteiger partial charge on any atom is 0.235 e. The van der Waals surface area contributed by atoms with Crippen molar-refractivity contribution >= 4 is 66.5 Å². The Kier molecular flexibility index (Phi) is 6.49. The van der Waals surface area contributed by atoms with Crippen LogP contribution in [0.5, 0.6) is 0 Å². The summed E-state index contributed by atoms with van der Waals surface area (Å²) >= 11 is 0. The van der Waals surface area contributed by atoms with E-state index in [4.69, 9.17) is 9.97 Å². The number of benzene rings is 8. The molecular weight excluding hydrogens is 666 g/mol. The Bertz CT molecular complexity index is 3140. The molecule has 1 atom stereocenters. The second kappa shape index (κ2) is 11.4. The molecule has 0 saturated heterocycles. The van der Waals surface area contributed by atoms with E-state index in [0.29, 0.717) is 5.95 Å². The van der Waals surface area contributed by atoms with Gasteiger partial charge in [-0.3, -0.25) is 4.57 Å². The molecule has 1 aliphatic rings. The van der Waals surface area contributed by atoms with Crippen molar-refractivity contribution in [3.05, 3.63) is 182 Å². The minimum Gasteiger partial charge on any atom is -0.309 e. The second-order valence-corrected chi connectivity index (χ2v) is 16.3. The smallest absolute Gasteiger partial charge is 0.235 e. The summed E-state index contributed by atoms with van der Waals surface area (Å²) in [6, 6.07) is 62.7. The van der Waals surface area contributed by atoms with Gasteiger partial charge in [-0.1, -0.05) is 164 Å². The van der Waals surface area contributed by atoms with Crippen LogP contribution in [0.15, 0.2) is 182 Å². The quantitative estimate of drug-likeness (QED) is 0.172. The molecule has 0 radical (unpaired) electrons. The highest BCUT2D eigenvalue weighted by atomic mass is 31.2. The van der Waals surface area contributed by atoms with Crippen molar-refractivity contribution in [2.45, 2.75) is 0 Å². The van der Waals surface area contributed by atoms with E-state index in [9.17, 15) is 0 Å². The molecule has 8 aromatic carbocycles. The van der Waals surface area contributed by atoms with Gasteiger partial charge in [0.15, 0.2) is 7.14 Å². The van der Waals surface area contributed by atoms with Crippen LogP contribution in [-0.4, -0.2) is 14.5 Å². The molecule has 10 aromatic rings. The molecule has 5 heteroatoms. The zero-order valence-corrected chi connectivity index (χ0v) is 29.4. The number of para-hydroxylation sites is 2. The van der Waals surface area contributed by atoms with Crippen LogP contribution < -0.4 is 15.9 Å². The number of hydrogen-bond donors (Lipinski definition) is 0. The summed E-state index contributed by atoms with van der Waals surface area (Å²) in [7, 11) is -3.23. The molecule has 53 heavy (non-hydrogen) atoms. The maximum atomic E-state index is 15.8. The van der Waals surface area contributed by atoms with Crippen molar-refractivity contribution in [2.75, 3.05) is 0 Å². The molecule has 4 nitrogen and oxygen atoms in total. The molecule has 0 fully saturated rings. The van der Waals surface area contributed by atoms with Crippen molar-refractivity contribution in [3.63, 3.8) is 0 Å². The van der Waals surface area contributed by atoms with Gasteiger partial charge in [-0.25, -0.2) is 9.97 Å². The van der Waals surface area contributed by atoms with E-state index in [0.717, 1.165) is 76.6 Å². The van der Waals surface area contributed by atoms with Crippen LogP contribution in [0.4, 0.5) is 0 Å². The van der Waals surface area contributed by atoms with E-state index in [-0.39, 0.29) is 0 Å². The topological polar surface area (TPSA) is 47.8 Å². The summed E-state index contributed by atoms with van der Waals surface area (Å²) in [6.07, 6.45) is 0. The van der Waals surface area contributed by atoms with Crippen LogP contribution in [0.2, 0.25) is 0 Å². The maximum absolute atomic E-state index is 15.8. The molecule has 1 aliphatic heterocycles. The Labute approximate surface area is 306 Å². The summed E-state index contributed by atoms with van der Waals surface area (Å²) in [5, 5.41) is 8.08. The predicted molar refractivity (Wildman–Crippen MR) is 221 cm³/mol. The average molecular weight is 696 g/mol. The molecule has 1 unspecified atom stereocenters. The first-order valence-electron chi connectivity index (χ1n) is 17.9. The van der Waals surface area contributed by atoms with E-state index >= 15 is 4.57 Å². The lowest BCUT2D eigenvalue weighted by Crippen LogP contribution is -2.21. The number of hydrogen-bond acceptors (Lipinski definition) is 3. The molecule has 0 amide bonds. The first kappa shape index (κ1) is 30.1. The van der Waals surface area contributed by atoms with Crippen LogP contribution in [0.1, 0.15) is 0 Å². The van der Waals surface area contributed by atoms with Gasteiger partial charge < -0.3 is 4.57 Å². The van der Waals surface area contributed by atoms with Gasteiger partial charge in [0.25, 0.3) is 0 Å². The zero-order valence-electron chi connectivity index (χ0n) is 28.5. The standard InChI is InChI=1S/C48H30N3OP/c52-53(34-15-2-1-3-16-34)44-24-11-8-18-37(44)38-29-30-43-45(47(38)53)40-20-7-10-23-42(40)51(43)48-49-41-22-9-6-19-39(41)46(50-48)33-27-25-32(26-28-33)36-21-12-14-31-13-4-5-17-35(31)36/h1-30H. The minimum atomic E-state index is -3.23. The van der Waals surface area contributed by atoms with Gasteiger partial charge >= 0.3 is 0 Å². The van der Waals surface area contributed by atoms with E-state index in [1.54, 1.807) is 0 Å². The average Bonchev–Trinajstić information content (AvgIpc) is 3.70. The highest BCUT2D eigenvalue weighted by Crippen LogP contribution is 2.55. The molecule has 248 valence electrons. The molecule has 0 saturated carbocycles. The van der Waals surface area contributed by atoms with Crippen LogP contribution in [0.25, 0.3) is 82.9 Å². The van der Waals surface area contributed by atoms with Crippen molar-refractivity contribution in [1.29, 1.82) is 0 Å². The SMILES string of the molecule is O=P1(c2ccccc2)c2ccccc2-c2ccc3c(c21)c1ccccc1n3-c1nc(-c2ccc(-c3cccc4ccccc34)cc2)c2ccccc2n1. The monoisotopic (exact) mass is 695 g/mol. The Hall–Kier alpha value is -6.61. The summed E-state index contributed by atoms with van der Waals surface area (Å²) in [4.78, 5) is 10.6. The van der Waals surface area contributed by atoms with E-state index < -0.39 is 7.14 Å². The first-order valence-corrected chi connectivity index (χ1v) is 19.6. The van der Waals surface area contributed by atoms with E-state index in [1.165, 1.54) is 16.3 Å². The largest absolute Gasteiger partial charge is 0.309 e. The molecule has 0 N–H and O–H groups in total. The molecule has 0 spiro atoms. The highest BCUT2D eigenvalue weighted by molar-refractivity contribution is 7.86. The third kappa shape index (κ3) is 4.34. The Balaban J connectivity index is 1.15. The normalized spacial score (nSPS) is 14.9. The summed E-state index contributed by atoms with van der Waals surface area (Å²) in [5.74, 6) is 0.577. The number of nitrogens with zero attached hydrogens (tertiary/aromatic N) is 3. The third-order valence-electron chi connectivity index (χ3n) is 10.8. The number of fused-ring (bicyclic) bond motifs is 9. The van der Waals surface area contributed by atoms with Gasteiger partial charge in [0.2, 0.25) is 5.95 Å². The fourth-order valence-corrected chi connectivity index (χ4v) is 11.8. The number of aromatic nitrogens is 3. The van der Waals surface area contributed by atoms with E-state index in [1.807, 2.05) is 60.7 Å². The van der Waals surface area contributed by atoms with Gasteiger partial charge in [-0.2, -0.15) is 0 Å². The van der Waals surface area contributed by atoms with Crippen LogP contribution >= 0.6 is 7.14 Å². The minimum absolute atomic E-state index is 0.577. The van der Waals surface area contributed by atoms with Gasteiger partial charge in [-0.05, 0) is 51.2 Å². The molecule has 3 heterocycles. The second-order valence-electron chi connectivity index (χ2n) is 13.7. The van der Waals surface area contributed by atoms with Crippen LogP contribution in [0.3, 0.4) is 0 Å². The molecule has 11 rings (SSSR count). The lowest BCUT2D eigenvalue weighted by Gasteiger charge is -2.17. The Morgan fingerprint density at radius 1 is 0.453 bits per heavy atom. The first-order chi connectivity index (χ1) is 26.2. The predicted octanol–water partition coefficient (Wildman–Crippen LogP) is 10.8. The fourth-order valence-electron chi connectivity index (χ4n) is 8.47. The lowest BCUT2D eigenvalue weighted by atomic mass is 9.96. The van der Waals surface area contributed by atoms with Crippen molar-refractivity contribution in [2.24, 2.45) is 0 Å². The van der Waals surface area contributed by atoms with Crippen LogP contribution in [-0.2, 0) is 4.57 Å². The van der Waals surface area contributed by atoms with E-state index in [2.05, 4.69) is 126 Å². The van der Waals surface area contributed by atoms with Gasteiger partial charge in [-0.15, -0.1) is 0 Å². The van der Waals surface area contributed by atoms with Crippen molar-refractivity contribution in [1.82, 2.24) is 14.5 Å². The molecular formula is C48H30N3OP. The van der Waals surface area contributed by atoms with Crippen molar-refractivity contribution < 1.29 is 4.57 Å². The van der Waals surface area contributed by atoms with Gasteiger partial charge in [0.05, 0.1) is 22.2 Å². The molecule has 0 aliphatic carbocycles. The zero-order chi connectivity index (χ0) is 35.1. The van der Waals surface area contributed by atoms with Crippen LogP contribution in [0, 0.1) is 0 Å². The highest BCUT2D eigenvalue weighted by Gasteiger charge is 2.42.